The molecule has 0 saturated carbocycles. The van der Waals surface area contributed by atoms with Gasteiger partial charge >= 0.3 is 6.03 Å². The summed E-state index contributed by atoms with van der Waals surface area (Å²) in [6, 6.07) is 0.320. The second-order valence-electron chi connectivity index (χ2n) is 4.93. The van der Waals surface area contributed by atoms with Crippen LogP contribution in [0.4, 0.5) is 4.79 Å². The summed E-state index contributed by atoms with van der Waals surface area (Å²) < 4.78 is 0. The summed E-state index contributed by atoms with van der Waals surface area (Å²) in [6.07, 6.45) is 2.16. The van der Waals surface area contributed by atoms with Gasteiger partial charge in [0.25, 0.3) is 0 Å². The molecule has 0 rings (SSSR count). The van der Waals surface area contributed by atoms with E-state index < -0.39 is 0 Å². The Balaban J connectivity index is 4.12. The third kappa shape index (κ3) is 5.10. The average Bonchev–Trinajstić information content (AvgIpc) is 2.00. The molecule has 0 radical (unpaired) electrons. The molecule has 0 aliphatic heterocycles. The number of hydrogen-bond acceptors (Lipinski definition) is 1. The van der Waals surface area contributed by atoms with Gasteiger partial charge in [-0.3, -0.25) is 0 Å². The molecule has 0 aromatic rings. The van der Waals surface area contributed by atoms with Gasteiger partial charge in [0.15, 0.2) is 0 Å². The molecule has 3 heteroatoms. The first-order valence-corrected chi connectivity index (χ1v) is 5.33. The van der Waals surface area contributed by atoms with E-state index in [1.807, 2.05) is 27.8 Å². The van der Waals surface area contributed by atoms with Crippen molar-refractivity contribution < 1.29 is 4.79 Å². The molecule has 0 heterocycles. The van der Waals surface area contributed by atoms with E-state index in [2.05, 4.69) is 19.2 Å². The first-order valence-electron chi connectivity index (χ1n) is 5.33. The van der Waals surface area contributed by atoms with Crippen molar-refractivity contribution in [2.75, 3.05) is 7.05 Å². The van der Waals surface area contributed by atoms with E-state index in [1.165, 1.54) is 0 Å². The van der Waals surface area contributed by atoms with Crippen LogP contribution in [0, 0.1) is 0 Å². The molecule has 2 amide bonds. The van der Waals surface area contributed by atoms with E-state index in [1.54, 1.807) is 4.90 Å². The zero-order valence-electron chi connectivity index (χ0n) is 10.3. The highest BCUT2D eigenvalue weighted by molar-refractivity contribution is 5.74. The van der Waals surface area contributed by atoms with Crippen molar-refractivity contribution in [3.8, 4) is 0 Å². The Morgan fingerprint density at radius 1 is 1.43 bits per heavy atom. The van der Waals surface area contributed by atoms with Crippen LogP contribution in [0.3, 0.4) is 0 Å². The van der Waals surface area contributed by atoms with Crippen LogP contribution in [-0.2, 0) is 0 Å². The van der Waals surface area contributed by atoms with Gasteiger partial charge in [-0.2, -0.15) is 0 Å². The number of carbonyl (C=O) groups excluding carboxylic acids is 1. The minimum Gasteiger partial charge on any atom is -0.333 e. The number of rotatable bonds is 3. The van der Waals surface area contributed by atoms with E-state index >= 15 is 0 Å². The third-order valence-corrected chi connectivity index (χ3v) is 2.17. The van der Waals surface area contributed by atoms with Gasteiger partial charge in [-0.25, -0.2) is 4.79 Å². The largest absolute Gasteiger partial charge is 0.333 e. The van der Waals surface area contributed by atoms with Crippen LogP contribution in [0.5, 0.6) is 0 Å². The highest BCUT2D eigenvalue weighted by atomic mass is 16.2. The number of hydrogen-bond donors (Lipinski definition) is 1. The molecular weight excluding hydrogens is 176 g/mol. The van der Waals surface area contributed by atoms with Crippen LogP contribution in [0.15, 0.2) is 0 Å². The maximum atomic E-state index is 11.7. The Morgan fingerprint density at radius 3 is 2.29 bits per heavy atom. The first kappa shape index (κ1) is 13.3. The fourth-order valence-corrected chi connectivity index (χ4v) is 1.22. The summed E-state index contributed by atoms with van der Waals surface area (Å²) in [4.78, 5) is 13.5. The standard InChI is InChI=1S/C11H24N2O/c1-7-8-9(2)13(6)10(14)12-11(3,4)5/h9H,7-8H2,1-6H3,(H,12,14). The van der Waals surface area contributed by atoms with Crippen LogP contribution in [0.25, 0.3) is 0 Å². The predicted octanol–water partition coefficient (Wildman–Crippen LogP) is 2.61. The van der Waals surface area contributed by atoms with Gasteiger partial charge in [0.05, 0.1) is 0 Å². The number of nitrogens with one attached hydrogen (secondary N) is 1. The van der Waals surface area contributed by atoms with Crippen molar-refractivity contribution in [2.45, 2.75) is 59.0 Å². The maximum Gasteiger partial charge on any atom is 0.317 e. The molecule has 3 nitrogen and oxygen atoms in total. The van der Waals surface area contributed by atoms with Crippen molar-refractivity contribution in [2.24, 2.45) is 0 Å². The zero-order valence-corrected chi connectivity index (χ0v) is 10.3. The molecule has 1 atom stereocenters. The van der Waals surface area contributed by atoms with E-state index in [-0.39, 0.29) is 11.6 Å². The van der Waals surface area contributed by atoms with Gasteiger partial charge in [-0.1, -0.05) is 13.3 Å². The molecule has 0 spiro atoms. The third-order valence-electron chi connectivity index (χ3n) is 2.17. The summed E-state index contributed by atoms with van der Waals surface area (Å²) in [5.41, 5.74) is -0.155. The average molecular weight is 200 g/mol. The molecule has 0 aromatic heterocycles. The lowest BCUT2D eigenvalue weighted by Gasteiger charge is -2.29. The molecule has 14 heavy (non-hydrogen) atoms. The Labute approximate surface area is 87.9 Å². The Kier molecular flexibility index (Phi) is 4.95. The Morgan fingerprint density at radius 2 is 1.93 bits per heavy atom. The van der Waals surface area contributed by atoms with E-state index in [0.717, 1.165) is 12.8 Å². The minimum atomic E-state index is -0.155. The second-order valence-corrected chi connectivity index (χ2v) is 4.93. The first-order chi connectivity index (χ1) is 6.28. The number of carbonyl (C=O) groups is 1. The molecule has 0 aromatic carbocycles. The number of urea groups is 1. The lowest BCUT2D eigenvalue weighted by Crippen LogP contribution is -2.49. The van der Waals surface area contributed by atoms with Gasteiger partial charge in [-0.05, 0) is 34.1 Å². The van der Waals surface area contributed by atoms with Crippen molar-refractivity contribution in [1.82, 2.24) is 10.2 Å². The van der Waals surface area contributed by atoms with Crippen LogP contribution >= 0.6 is 0 Å². The van der Waals surface area contributed by atoms with E-state index in [4.69, 9.17) is 0 Å². The maximum absolute atomic E-state index is 11.7. The normalized spacial score (nSPS) is 13.6. The molecule has 0 aliphatic rings. The summed E-state index contributed by atoms with van der Waals surface area (Å²) >= 11 is 0. The van der Waals surface area contributed by atoms with Crippen molar-refractivity contribution >= 4 is 6.03 Å². The van der Waals surface area contributed by atoms with Crippen LogP contribution in [0.1, 0.15) is 47.5 Å². The van der Waals surface area contributed by atoms with Gasteiger partial charge in [0, 0.05) is 18.6 Å². The highest BCUT2D eigenvalue weighted by Crippen LogP contribution is 2.06. The minimum absolute atomic E-state index is 0.0125. The molecule has 0 aliphatic carbocycles. The smallest absolute Gasteiger partial charge is 0.317 e. The number of amides is 2. The summed E-state index contributed by atoms with van der Waals surface area (Å²) in [5.74, 6) is 0. The molecule has 1 N–H and O–H groups in total. The van der Waals surface area contributed by atoms with Crippen molar-refractivity contribution in [1.29, 1.82) is 0 Å². The van der Waals surface area contributed by atoms with Crippen molar-refractivity contribution in [3.63, 3.8) is 0 Å². The van der Waals surface area contributed by atoms with Gasteiger partial charge in [0.1, 0.15) is 0 Å². The topological polar surface area (TPSA) is 32.3 Å². The van der Waals surface area contributed by atoms with E-state index in [9.17, 15) is 4.79 Å². The predicted molar refractivity (Wildman–Crippen MR) is 60.4 cm³/mol. The summed E-state index contributed by atoms with van der Waals surface area (Å²) in [5, 5.41) is 2.95. The van der Waals surface area contributed by atoms with Crippen LogP contribution in [-0.4, -0.2) is 29.6 Å². The zero-order chi connectivity index (χ0) is 11.4. The fourth-order valence-electron chi connectivity index (χ4n) is 1.22. The lowest BCUT2D eigenvalue weighted by molar-refractivity contribution is 0.182. The highest BCUT2D eigenvalue weighted by Gasteiger charge is 2.19. The lowest BCUT2D eigenvalue weighted by atomic mass is 10.1. The Bertz CT molecular complexity index is 184. The molecule has 1 unspecified atom stereocenters. The molecule has 0 bridgehead atoms. The molecular formula is C11H24N2O. The molecule has 0 fully saturated rings. The molecule has 84 valence electrons. The van der Waals surface area contributed by atoms with Crippen LogP contribution in [0.2, 0.25) is 0 Å². The van der Waals surface area contributed by atoms with Gasteiger partial charge < -0.3 is 10.2 Å². The number of nitrogens with zero attached hydrogens (tertiary/aromatic N) is 1. The van der Waals surface area contributed by atoms with E-state index in [0.29, 0.717) is 6.04 Å². The second kappa shape index (κ2) is 5.23. The molecule has 0 saturated heterocycles. The van der Waals surface area contributed by atoms with Crippen LogP contribution < -0.4 is 5.32 Å². The van der Waals surface area contributed by atoms with Crippen molar-refractivity contribution in [3.05, 3.63) is 0 Å². The van der Waals surface area contributed by atoms with Gasteiger partial charge in [0.2, 0.25) is 0 Å². The SMILES string of the molecule is CCCC(C)N(C)C(=O)NC(C)(C)C. The monoisotopic (exact) mass is 200 g/mol. The Hall–Kier alpha value is -0.730. The quantitative estimate of drug-likeness (QED) is 0.746. The summed E-state index contributed by atoms with van der Waals surface area (Å²) in [6.45, 7) is 10.2. The fraction of sp³-hybridized carbons (Fsp3) is 0.909. The summed E-state index contributed by atoms with van der Waals surface area (Å²) in [7, 11) is 1.85. The van der Waals surface area contributed by atoms with Gasteiger partial charge in [-0.15, -0.1) is 0 Å².